The zero-order chi connectivity index (χ0) is 16.2. The number of rotatable bonds is 5. The Morgan fingerprint density at radius 2 is 1.74 bits per heavy atom. The highest BCUT2D eigenvalue weighted by Gasteiger charge is 2.13. The van der Waals surface area contributed by atoms with Crippen LogP contribution >= 0.6 is 23.6 Å². The van der Waals surface area contributed by atoms with Crippen LogP contribution < -0.4 is 9.57 Å². The molecule has 0 bridgehead atoms. The Balaban J connectivity index is 1.91. The first-order chi connectivity index (χ1) is 11.2. The molecule has 1 heterocycles. The van der Waals surface area contributed by atoms with Crippen LogP contribution in [-0.4, -0.2) is 11.8 Å². The summed E-state index contributed by atoms with van der Waals surface area (Å²) in [4.78, 5) is 6.10. The Morgan fingerprint density at radius 3 is 2.39 bits per heavy atom. The molecular weight excluding hydrogens is 326 g/mol. The van der Waals surface area contributed by atoms with Crippen LogP contribution in [0.5, 0.6) is 5.75 Å². The van der Waals surface area contributed by atoms with E-state index < -0.39 is 0 Å². The Hall–Kier alpha value is -2.11. The van der Waals surface area contributed by atoms with E-state index >= 15 is 0 Å². The van der Waals surface area contributed by atoms with Crippen molar-refractivity contribution < 1.29 is 9.57 Å². The highest BCUT2D eigenvalue weighted by Crippen LogP contribution is 2.26. The van der Waals surface area contributed by atoms with Crippen molar-refractivity contribution in [2.45, 2.75) is 13.0 Å². The van der Waals surface area contributed by atoms with E-state index in [4.69, 9.17) is 21.8 Å². The van der Waals surface area contributed by atoms with E-state index in [1.165, 1.54) is 11.3 Å². The predicted molar refractivity (Wildman–Crippen MR) is 96.6 cm³/mol. The summed E-state index contributed by atoms with van der Waals surface area (Å²) >= 11 is 6.92. The number of aromatic nitrogens is 1. The molecule has 0 spiro atoms. The molecule has 0 aliphatic carbocycles. The Morgan fingerprint density at radius 1 is 1.04 bits per heavy atom. The Bertz CT molecular complexity index is 822. The van der Waals surface area contributed by atoms with Gasteiger partial charge < -0.3 is 9.57 Å². The first kappa shape index (κ1) is 15.8. The molecule has 3 nitrogen and oxygen atoms in total. The normalized spacial score (nSPS) is 11.9. The molecule has 0 N–H and O–H groups in total. The van der Waals surface area contributed by atoms with Gasteiger partial charge in [0.1, 0.15) is 11.9 Å². The third kappa shape index (κ3) is 3.46. The molecule has 0 aliphatic rings. The van der Waals surface area contributed by atoms with E-state index in [1.807, 2.05) is 66.9 Å². The van der Waals surface area contributed by atoms with Gasteiger partial charge >= 0.3 is 0 Å². The fourth-order valence-corrected chi connectivity index (χ4v) is 3.26. The standard InChI is InChI=1S/C18H17NO2S2/c1-13(14-6-4-3-5-7-14)21-19-17(12-23-18(19)22)15-8-10-16(20-2)11-9-15/h3-13H,1-2H3. The summed E-state index contributed by atoms with van der Waals surface area (Å²) in [5, 5.41) is 2.02. The van der Waals surface area contributed by atoms with Gasteiger partial charge in [-0.15, -0.1) is 11.3 Å². The summed E-state index contributed by atoms with van der Waals surface area (Å²) < 4.78 is 7.64. The maximum Gasteiger partial charge on any atom is 0.197 e. The lowest BCUT2D eigenvalue weighted by Crippen LogP contribution is -2.16. The molecular formula is C18H17NO2S2. The molecule has 5 heteroatoms. The lowest BCUT2D eigenvalue weighted by Gasteiger charge is -2.17. The second kappa shape index (κ2) is 6.98. The second-order valence-corrected chi connectivity index (χ2v) is 6.57. The van der Waals surface area contributed by atoms with Crippen molar-refractivity contribution in [3.05, 3.63) is 69.5 Å². The van der Waals surface area contributed by atoms with Gasteiger partial charge in [0, 0.05) is 10.9 Å². The van der Waals surface area contributed by atoms with Gasteiger partial charge in [0.25, 0.3) is 0 Å². The lowest BCUT2D eigenvalue weighted by atomic mass is 10.1. The van der Waals surface area contributed by atoms with Crippen molar-refractivity contribution in [1.29, 1.82) is 0 Å². The van der Waals surface area contributed by atoms with E-state index in [2.05, 4.69) is 0 Å². The smallest absolute Gasteiger partial charge is 0.197 e. The number of thiazole rings is 1. The molecule has 2 aromatic carbocycles. The highest BCUT2D eigenvalue weighted by atomic mass is 32.1. The second-order valence-electron chi connectivity index (χ2n) is 5.07. The molecule has 0 saturated carbocycles. The number of benzene rings is 2. The molecule has 118 valence electrons. The fraction of sp³-hybridized carbons (Fsp3) is 0.167. The first-order valence-electron chi connectivity index (χ1n) is 7.26. The van der Waals surface area contributed by atoms with Crippen molar-refractivity contribution in [3.63, 3.8) is 0 Å². The molecule has 0 fully saturated rings. The van der Waals surface area contributed by atoms with Gasteiger partial charge in [0.15, 0.2) is 3.95 Å². The average Bonchev–Trinajstić information content (AvgIpc) is 2.96. The summed E-state index contributed by atoms with van der Waals surface area (Å²) in [5.74, 6) is 0.827. The van der Waals surface area contributed by atoms with Crippen LogP contribution in [0.1, 0.15) is 18.6 Å². The van der Waals surface area contributed by atoms with Crippen molar-refractivity contribution >= 4 is 23.6 Å². The first-order valence-corrected chi connectivity index (χ1v) is 8.55. The lowest BCUT2D eigenvalue weighted by molar-refractivity contribution is 0.0500. The van der Waals surface area contributed by atoms with Crippen molar-refractivity contribution in [1.82, 2.24) is 4.73 Å². The summed E-state index contributed by atoms with van der Waals surface area (Å²) in [7, 11) is 1.66. The summed E-state index contributed by atoms with van der Waals surface area (Å²) in [5.41, 5.74) is 3.10. The van der Waals surface area contributed by atoms with Crippen LogP contribution in [0.25, 0.3) is 11.3 Å². The molecule has 3 rings (SSSR count). The van der Waals surface area contributed by atoms with Crippen LogP contribution in [0.4, 0.5) is 0 Å². The minimum atomic E-state index is -0.0884. The molecule has 0 amide bonds. The molecule has 0 radical (unpaired) electrons. The Kier molecular flexibility index (Phi) is 4.79. The SMILES string of the molecule is COc1ccc(-c2csc(=S)n2OC(C)c2ccccc2)cc1. The zero-order valence-corrected chi connectivity index (χ0v) is 14.6. The number of hydrogen-bond acceptors (Lipinski definition) is 4. The minimum Gasteiger partial charge on any atom is -0.497 e. The number of hydrogen-bond donors (Lipinski definition) is 0. The quantitative estimate of drug-likeness (QED) is 0.599. The van der Waals surface area contributed by atoms with Crippen molar-refractivity contribution in [2.24, 2.45) is 0 Å². The predicted octanol–water partition coefficient (Wildman–Crippen LogP) is 5.14. The zero-order valence-electron chi connectivity index (χ0n) is 12.9. The molecule has 1 atom stereocenters. The van der Waals surface area contributed by atoms with Crippen LogP contribution in [0.3, 0.4) is 0 Å². The van der Waals surface area contributed by atoms with E-state index in [1.54, 1.807) is 11.8 Å². The summed E-state index contributed by atoms with van der Waals surface area (Å²) in [6.07, 6.45) is -0.0884. The van der Waals surface area contributed by atoms with Crippen molar-refractivity contribution in [2.75, 3.05) is 7.11 Å². The highest BCUT2D eigenvalue weighted by molar-refractivity contribution is 7.73. The maximum absolute atomic E-state index is 6.10. The van der Waals surface area contributed by atoms with E-state index in [9.17, 15) is 0 Å². The van der Waals surface area contributed by atoms with Gasteiger partial charge in [-0.2, -0.15) is 4.73 Å². The van der Waals surface area contributed by atoms with Crippen LogP contribution in [0.15, 0.2) is 60.0 Å². The molecule has 23 heavy (non-hydrogen) atoms. The third-order valence-corrected chi connectivity index (χ3v) is 4.74. The number of ether oxygens (including phenoxy) is 1. The van der Waals surface area contributed by atoms with Crippen molar-refractivity contribution in [3.8, 4) is 17.0 Å². The number of methoxy groups -OCH3 is 1. The van der Waals surface area contributed by atoms with Crippen LogP contribution in [-0.2, 0) is 0 Å². The average molecular weight is 343 g/mol. The molecule has 1 aromatic heterocycles. The van der Waals surface area contributed by atoms with Gasteiger partial charge in [-0.25, -0.2) is 0 Å². The summed E-state index contributed by atoms with van der Waals surface area (Å²) in [6.45, 7) is 2.02. The molecule has 3 aromatic rings. The van der Waals surface area contributed by atoms with Gasteiger partial charge in [0.2, 0.25) is 0 Å². The van der Waals surface area contributed by atoms with E-state index in [0.29, 0.717) is 3.95 Å². The van der Waals surface area contributed by atoms with Crippen LogP contribution in [0.2, 0.25) is 0 Å². The molecule has 1 unspecified atom stereocenters. The maximum atomic E-state index is 6.10. The van der Waals surface area contributed by atoms with E-state index in [0.717, 1.165) is 22.6 Å². The minimum absolute atomic E-state index is 0.0884. The monoisotopic (exact) mass is 343 g/mol. The molecule has 0 aliphatic heterocycles. The van der Waals surface area contributed by atoms with Crippen LogP contribution in [0, 0.1) is 3.95 Å². The fourth-order valence-electron chi connectivity index (χ4n) is 2.29. The van der Waals surface area contributed by atoms with Gasteiger partial charge in [-0.1, -0.05) is 30.3 Å². The van der Waals surface area contributed by atoms with Gasteiger partial charge in [0.05, 0.1) is 12.8 Å². The van der Waals surface area contributed by atoms with Gasteiger partial charge in [-0.3, -0.25) is 0 Å². The topological polar surface area (TPSA) is 23.4 Å². The largest absolute Gasteiger partial charge is 0.497 e. The Labute approximate surface area is 144 Å². The number of nitrogens with zero attached hydrogens (tertiary/aromatic N) is 1. The third-order valence-electron chi connectivity index (χ3n) is 3.57. The summed E-state index contributed by atoms with van der Waals surface area (Å²) in [6, 6.07) is 18.0. The molecule has 0 saturated heterocycles. The van der Waals surface area contributed by atoms with E-state index in [-0.39, 0.29) is 6.10 Å². The van der Waals surface area contributed by atoms with Gasteiger partial charge in [-0.05, 0) is 49.0 Å².